The number of carbonyl (C=O) groups excluding carboxylic acids is 2. The Kier molecular flexibility index (Phi) is 5.83. The van der Waals surface area contributed by atoms with E-state index < -0.39 is 0 Å². The average molecular weight is 448 g/mol. The number of rotatable bonds is 3. The van der Waals surface area contributed by atoms with Crippen LogP contribution in [0.2, 0.25) is 5.02 Å². The maximum absolute atomic E-state index is 13.6. The Morgan fingerprint density at radius 1 is 0.875 bits per heavy atom. The fraction of sp³-hybridized carbons (Fsp3) is 0.346. The number of hydrogen-bond donors (Lipinski definition) is 0. The zero-order valence-corrected chi connectivity index (χ0v) is 18.7. The normalized spacial score (nSPS) is 17.2. The van der Waals surface area contributed by atoms with Gasteiger partial charge in [0, 0.05) is 48.1 Å². The number of benzene rings is 2. The van der Waals surface area contributed by atoms with Crippen LogP contribution in [0.25, 0.3) is 22.2 Å². The molecule has 2 aromatic carbocycles. The van der Waals surface area contributed by atoms with Crippen molar-refractivity contribution in [1.29, 1.82) is 0 Å². The fourth-order valence-electron chi connectivity index (χ4n) is 4.82. The van der Waals surface area contributed by atoms with E-state index in [0.717, 1.165) is 60.9 Å². The summed E-state index contributed by atoms with van der Waals surface area (Å²) >= 11 is 6.04. The second-order valence-corrected chi connectivity index (χ2v) is 9.11. The Labute approximate surface area is 193 Å². The predicted octanol–water partition coefficient (Wildman–Crippen LogP) is 5.03. The van der Waals surface area contributed by atoms with Crippen molar-refractivity contribution in [2.45, 2.75) is 25.7 Å². The van der Waals surface area contributed by atoms with Gasteiger partial charge in [-0.2, -0.15) is 0 Å². The van der Waals surface area contributed by atoms with Gasteiger partial charge in [-0.3, -0.25) is 9.59 Å². The molecule has 5 rings (SSSR count). The lowest BCUT2D eigenvalue weighted by Crippen LogP contribution is -2.43. The second kappa shape index (κ2) is 8.91. The molecule has 6 heteroatoms. The number of hydrogen-bond acceptors (Lipinski definition) is 3. The van der Waals surface area contributed by atoms with Crippen molar-refractivity contribution in [3.8, 4) is 11.3 Å². The number of fused-ring (bicyclic) bond motifs is 1. The van der Waals surface area contributed by atoms with Gasteiger partial charge >= 0.3 is 0 Å². The third-order valence-corrected chi connectivity index (χ3v) is 6.89. The molecule has 0 unspecified atom stereocenters. The third-order valence-electron chi connectivity index (χ3n) is 6.64. The van der Waals surface area contributed by atoms with Crippen LogP contribution in [0.3, 0.4) is 0 Å². The summed E-state index contributed by atoms with van der Waals surface area (Å²) in [4.78, 5) is 35.0. The average Bonchev–Trinajstić information content (AvgIpc) is 3.38. The number of carbonyl (C=O) groups is 2. The SMILES string of the molecule is O=C(c1cc(-c2ccc(Cl)cc2)nc2ccccc12)N1CCC(C(=O)N2CCCC2)CC1. The molecule has 2 aliphatic heterocycles. The first-order valence-electron chi connectivity index (χ1n) is 11.3. The van der Waals surface area contributed by atoms with Gasteiger partial charge in [-0.1, -0.05) is 41.9 Å². The molecule has 5 nitrogen and oxygen atoms in total. The largest absolute Gasteiger partial charge is 0.342 e. The van der Waals surface area contributed by atoms with Crippen LogP contribution in [0.1, 0.15) is 36.0 Å². The Morgan fingerprint density at radius 3 is 2.28 bits per heavy atom. The lowest BCUT2D eigenvalue weighted by atomic mass is 9.94. The summed E-state index contributed by atoms with van der Waals surface area (Å²) < 4.78 is 0. The van der Waals surface area contributed by atoms with Gasteiger partial charge in [-0.05, 0) is 49.9 Å². The molecule has 3 heterocycles. The number of pyridine rings is 1. The number of piperidine rings is 1. The van der Waals surface area contributed by atoms with E-state index >= 15 is 0 Å². The molecule has 0 radical (unpaired) electrons. The van der Waals surface area contributed by atoms with Crippen LogP contribution in [0.4, 0.5) is 0 Å². The predicted molar refractivity (Wildman–Crippen MR) is 127 cm³/mol. The van der Waals surface area contributed by atoms with Gasteiger partial charge in [0.25, 0.3) is 5.91 Å². The number of aromatic nitrogens is 1. The maximum Gasteiger partial charge on any atom is 0.254 e. The Balaban J connectivity index is 1.39. The lowest BCUT2D eigenvalue weighted by Gasteiger charge is -2.33. The van der Waals surface area contributed by atoms with E-state index in [2.05, 4.69) is 0 Å². The van der Waals surface area contributed by atoms with Gasteiger partial charge in [-0.25, -0.2) is 4.98 Å². The van der Waals surface area contributed by atoms with E-state index in [4.69, 9.17) is 16.6 Å². The highest BCUT2D eigenvalue weighted by molar-refractivity contribution is 6.30. The van der Waals surface area contributed by atoms with E-state index in [-0.39, 0.29) is 17.7 Å². The first kappa shape index (κ1) is 21.0. The third kappa shape index (κ3) is 4.09. The topological polar surface area (TPSA) is 53.5 Å². The number of amides is 2. The maximum atomic E-state index is 13.6. The quantitative estimate of drug-likeness (QED) is 0.565. The van der Waals surface area contributed by atoms with Gasteiger partial charge in [0.05, 0.1) is 16.8 Å². The van der Waals surface area contributed by atoms with Crippen molar-refractivity contribution in [1.82, 2.24) is 14.8 Å². The summed E-state index contributed by atoms with van der Waals surface area (Å²) in [6.45, 7) is 2.98. The van der Waals surface area contributed by atoms with Gasteiger partial charge in [0.15, 0.2) is 0 Å². The summed E-state index contributed by atoms with van der Waals surface area (Å²) in [7, 11) is 0. The van der Waals surface area contributed by atoms with Gasteiger partial charge in [0.1, 0.15) is 0 Å². The zero-order valence-electron chi connectivity index (χ0n) is 18.0. The fourth-order valence-corrected chi connectivity index (χ4v) is 4.94. The summed E-state index contributed by atoms with van der Waals surface area (Å²) in [5.74, 6) is 0.316. The lowest BCUT2D eigenvalue weighted by molar-refractivity contribution is -0.135. The highest BCUT2D eigenvalue weighted by atomic mass is 35.5. The van der Waals surface area contributed by atoms with Gasteiger partial charge in [0.2, 0.25) is 5.91 Å². The Bertz CT molecular complexity index is 1150. The van der Waals surface area contributed by atoms with Crippen LogP contribution in [-0.2, 0) is 4.79 Å². The van der Waals surface area contributed by atoms with Crippen molar-refractivity contribution < 1.29 is 9.59 Å². The van der Waals surface area contributed by atoms with Crippen LogP contribution in [0.5, 0.6) is 0 Å². The molecular weight excluding hydrogens is 422 g/mol. The van der Waals surface area contributed by atoms with E-state index in [1.807, 2.05) is 64.4 Å². The van der Waals surface area contributed by atoms with E-state index in [0.29, 0.717) is 23.7 Å². The molecule has 0 spiro atoms. The Morgan fingerprint density at radius 2 is 1.56 bits per heavy atom. The molecule has 2 amide bonds. The van der Waals surface area contributed by atoms with Gasteiger partial charge in [-0.15, -0.1) is 0 Å². The summed E-state index contributed by atoms with van der Waals surface area (Å²) in [6, 6.07) is 17.1. The minimum Gasteiger partial charge on any atom is -0.342 e. The molecule has 32 heavy (non-hydrogen) atoms. The van der Waals surface area contributed by atoms with Crippen LogP contribution in [-0.4, -0.2) is 52.8 Å². The highest BCUT2D eigenvalue weighted by Crippen LogP contribution is 2.29. The standard InChI is InChI=1S/C26H26ClN3O2/c27-20-9-7-18(8-10-20)24-17-22(21-5-1-2-6-23(21)28-24)26(32)30-15-11-19(12-16-30)25(31)29-13-3-4-14-29/h1-2,5-10,17,19H,3-4,11-16H2. The first-order valence-corrected chi connectivity index (χ1v) is 11.7. The number of para-hydroxylation sites is 1. The first-order chi connectivity index (χ1) is 15.6. The Hall–Kier alpha value is -2.92. The second-order valence-electron chi connectivity index (χ2n) is 8.68. The molecule has 2 saturated heterocycles. The van der Waals surface area contributed by atoms with E-state index in [1.165, 1.54) is 0 Å². The minimum absolute atomic E-state index is 0.00545. The molecule has 0 N–H and O–H groups in total. The summed E-state index contributed by atoms with van der Waals surface area (Å²) in [5, 5.41) is 1.52. The molecule has 3 aromatic rings. The number of likely N-dealkylation sites (tertiary alicyclic amines) is 2. The molecular formula is C26H26ClN3O2. The highest BCUT2D eigenvalue weighted by Gasteiger charge is 2.32. The summed E-state index contributed by atoms with van der Waals surface area (Å²) in [6.07, 6.45) is 3.67. The molecule has 1 aromatic heterocycles. The minimum atomic E-state index is 0.00545. The molecule has 0 aliphatic carbocycles. The van der Waals surface area contributed by atoms with Crippen molar-refractivity contribution >= 4 is 34.3 Å². The van der Waals surface area contributed by atoms with Crippen molar-refractivity contribution in [3.05, 3.63) is 65.2 Å². The van der Waals surface area contributed by atoms with Crippen molar-refractivity contribution in [2.24, 2.45) is 5.92 Å². The molecule has 2 fully saturated rings. The number of halogens is 1. The molecule has 2 aliphatic rings. The smallest absolute Gasteiger partial charge is 0.254 e. The molecule has 0 bridgehead atoms. The summed E-state index contributed by atoms with van der Waals surface area (Å²) in [5.41, 5.74) is 3.12. The monoisotopic (exact) mass is 447 g/mol. The van der Waals surface area contributed by atoms with Crippen molar-refractivity contribution in [2.75, 3.05) is 26.2 Å². The van der Waals surface area contributed by atoms with Crippen LogP contribution < -0.4 is 0 Å². The van der Waals surface area contributed by atoms with Gasteiger partial charge < -0.3 is 9.80 Å². The van der Waals surface area contributed by atoms with E-state index in [1.54, 1.807) is 0 Å². The molecule has 0 atom stereocenters. The molecule has 0 saturated carbocycles. The zero-order chi connectivity index (χ0) is 22.1. The van der Waals surface area contributed by atoms with Crippen molar-refractivity contribution in [3.63, 3.8) is 0 Å². The van der Waals surface area contributed by atoms with Crippen LogP contribution in [0.15, 0.2) is 54.6 Å². The number of nitrogens with zero attached hydrogens (tertiary/aromatic N) is 3. The van der Waals surface area contributed by atoms with E-state index in [9.17, 15) is 9.59 Å². The molecule has 164 valence electrons. The van der Waals surface area contributed by atoms with Crippen LogP contribution >= 0.6 is 11.6 Å². The van der Waals surface area contributed by atoms with Crippen LogP contribution in [0, 0.1) is 5.92 Å².